The van der Waals surface area contributed by atoms with Gasteiger partial charge in [-0.3, -0.25) is 4.79 Å². The lowest BCUT2D eigenvalue weighted by Gasteiger charge is -2.36. The zero-order valence-electron chi connectivity index (χ0n) is 13.9. The SMILES string of the molecule is O=C(c1cccc2c1OCCO2)N1CCN(c2ccccc2O)CC1. The summed E-state index contributed by atoms with van der Waals surface area (Å²) in [5.41, 5.74) is 1.36. The number of anilines is 1. The third kappa shape index (κ3) is 2.95. The van der Waals surface area contributed by atoms with Crippen LogP contribution in [0.25, 0.3) is 0 Å². The summed E-state index contributed by atoms with van der Waals surface area (Å²) in [6, 6.07) is 12.7. The van der Waals surface area contributed by atoms with Crippen molar-refractivity contribution in [2.75, 3.05) is 44.3 Å². The summed E-state index contributed by atoms with van der Waals surface area (Å²) in [6.07, 6.45) is 0. The summed E-state index contributed by atoms with van der Waals surface area (Å²) in [5.74, 6) is 1.40. The number of rotatable bonds is 2. The molecule has 1 fully saturated rings. The van der Waals surface area contributed by atoms with Crippen LogP contribution in [0.5, 0.6) is 17.2 Å². The normalized spacial score (nSPS) is 16.6. The summed E-state index contributed by atoms with van der Waals surface area (Å²) in [4.78, 5) is 16.8. The Hall–Kier alpha value is -2.89. The second kappa shape index (κ2) is 6.55. The van der Waals surface area contributed by atoms with Gasteiger partial charge in [0.15, 0.2) is 11.5 Å². The average Bonchev–Trinajstić information content (AvgIpc) is 2.67. The molecule has 2 aliphatic heterocycles. The molecule has 0 spiro atoms. The second-order valence-corrected chi connectivity index (χ2v) is 6.10. The van der Waals surface area contributed by atoms with Gasteiger partial charge in [-0.05, 0) is 24.3 Å². The van der Waals surface area contributed by atoms with Crippen LogP contribution in [0, 0.1) is 0 Å². The van der Waals surface area contributed by atoms with Gasteiger partial charge in [-0.25, -0.2) is 0 Å². The molecule has 130 valence electrons. The number of piperazine rings is 1. The number of phenols is 1. The Labute approximate surface area is 146 Å². The molecule has 2 aromatic carbocycles. The van der Waals surface area contributed by atoms with Gasteiger partial charge in [0.05, 0.1) is 11.3 Å². The number of fused-ring (bicyclic) bond motifs is 1. The first-order chi connectivity index (χ1) is 12.2. The molecule has 1 N–H and O–H groups in total. The molecule has 0 aliphatic carbocycles. The lowest BCUT2D eigenvalue weighted by Crippen LogP contribution is -2.49. The second-order valence-electron chi connectivity index (χ2n) is 6.10. The summed E-state index contributed by atoms with van der Waals surface area (Å²) in [6.45, 7) is 3.50. The lowest BCUT2D eigenvalue weighted by atomic mass is 10.1. The van der Waals surface area contributed by atoms with Gasteiger partial charge in [-0.2, -0.15) is 0 Å². The fraction of sp³-hybridized carbons (Fsp3) is 0.316. The zero-order valence-corrected chi connectivity index (χ0v) is 13.9. The van der Waals surface area contributed by atoms with E-state index < -0.39 is 0 Å². The van der Waals surface area contributed by atoms with Crippen LogP contribution >= 0.6 is 0 Å². The third-order valence-corrected chi connectivity index (χ3v) is 4.59. The highest BCUT2D eigenvalue weighted by Gasteiger charge is 2.27. The highest BCUT2D eigenvalue weighted by Crippen LogP contribution is 2.34. The number of aromatic hydroxyl groups is 1. The Kier molecular flexibility index (Phi) is 4.09. The van der Waals surface area contributed by atoms with Crippen molar-refractivity contribution in [3.05, 3.63) is 48.0 Å². The van der Waals surface area contributed by atoms with Crippen LogP contribution in [0.15, 0.2) is 42.5 Å². The van der Waals surface area contributed by atoms with Crippen molar-refractivity contribution < 1.29 is 19.4 Å². The van der Waals surface area contributed by atoms with Gasteiger partial charge in [-0.1, -0.05) is 18.2 Å². The molecule has 6 nitrogen and oxygen atoms in total. The molecular weight excluding hydrogens is 320 g/mol. The van der Waals surface area contributed by atoms with E-state index in [0.717, 1.165) is 5.69 Å². The molecule has 25 heavy (non-hydrogen) atoms. The number of carbonyl (C=O) groups excluding carboxylic acids is 1. The van der Waals surface area contributed by atoms with Crippen LogP contribution < -0.4 is 14.4 Å². The van der Waals surface area contributed by atoms with Gasteiger partial charge >= 0.3 is 0 Å². The fourth-order valence-electron chi connectivity index (χ4n) is 3.29. The molecule has 0 atom stereocenters. The van der Waals surface area contributed by atoms with Gasteiger partial charge < -0.3 is 24.4 Å². The number of carbonyl (C=O) groups is 1. The summed E-state index contributed by atoms with van der Waals surface area (Å²) in [5, 5.41) is 10.00. The molecule has 4 rings (SSSR count). The van der Waals surface area contributed by atoms with Gasteiger partial charge in [0.25, 0.3) is 5.91 Å². The number of benzene rings is 2. The third-order valence-electron chi connectivity index (χ3n) is 4.59. The first kappa shape index (κ1) is 15.6. The van der Waals surface area contributed by atoms with Crippen molar-refractivity contribution in [1.82, 2.24) is 4.90 Å². The minimum atomic E-state index is -0.0423. The maximum atomic E-state index is 12.9. The number of amides is 1. The first-order valence-electron chi connectivity index (χ1n) is 8.45. The minimum absolute atomic E-state index is 0.0423. The van der Waals surface area contributed by atoms with Crippen molar-refractivity contribution in [2.24, 2.45) is 0 Å². The van der Waals surface area contributed by atoms with Gasteiger partial charge in [0.2, 0.25) is 0 Å². The molecule has 2 aliphatic rings. The van der Waals surface area contributed by atoms with E-state index in [-0.39, 0.29) is 11.7 Å². The highest BCUT2D eigenvalue weighted by molar-refractivity contribution is 5.98. The van der Waals surface area contributed by atoms with Crippen LogP contribution in [-0.2, 0) is 0 Å². The number of nitrogens with zero attached hydrogens (tertiary/aromatic N) is 2. The summed E-state index contributed by atoms with van der Waals surface area (Å²) >= 11 is 0. The molecule has 1 amide bonds. The smallest absolute Gasteiger partial charge is 0.257 e. The number of hydrogen-bond acceptors (Lipinski definition) is 5. The largest absolute Gasteiger partial charge is 0.506 e. The Morgan fingerprint density at radius 1 is 0.920 bits per heavy atom. The Balaban J connectivity index is 1.48. The maximum Gasteiger partial charge on any atom is 0.257 e. The lowest BCUT2D eigenvalue weighted by molar-refractivity contribution is 0.0736. The molecule has 0 radical (unpaired) electrons. The number of ether oxygens (including phenoxy) is 2. The minimum Gasteiger partial charge on any atom is -0.506 e. The van der Waals surface area contributed by atoms with E-state index in [1.165, 1.54) is 0 Å². The monoisotopic (exact) mass is 340 g/mol. The van der Waals surface area contributed by atoms with Crippen molar-refractivity contribution in [1.29, 1.82) is 0 Å². The van der Waals surface area contributed by atoms with E-state index in [9.17, 15) is 9.90 Å². The molecule has 2 heterocycles. The van der Waals surface area contributed by atoms with E-state index >= 15 is 0 Å². The van der Waals surface area contributed by atoms with Crippen LogP contribution in [0.1, 0.15) is 10.4 Å². The number of hydrogen-bond donors (Lipinski definition) is 1. The molecule has 1 saturated heterocycles. The molecule has 0 saturated carbocycles. The standard InChI is InChI=1S/C19H20N2O4/c22-16-6-2-1-5-15(16)20-8-10-21(11-9-20)19(23)14-4-3-7-17-18(14)25-13-12-24-17/h1-7,22H,8-13H2. The van der Waals surface area contributed by atoms with E-state index in [1.807, 2.05) is 29.2 Å². The van der Waals surface area contributed by atoms with Crippen LogP contribution in [0.2, 0.25) is 0 Å². The topological polar surface area (TPSA) is 62.2 Å². The average molecular weight is 340 g/mol. The predicted octanol–water partition coefficient (Wildman–Crippen LogP) is 2.13. The molecule has 0 unspecified atom stereocenters. The first-order valence-corrected chi connectivity index (χ1v) is 8.45. The quantitative estimate of drug-likeness (QED) is 0.907. The van der Waals surface area contributed by atoms with Crippen LogP contribution in [0.3, 0.4) is 0 Å². The highest BCUT2D eigenvalue weighted by atomic mass is 16.6. The van der Waals surface area contributed by atoms with E-state index in [4.69, 9.17) is 9.47 Å². The van der Waals surface area contributed by atoms with Crippen molar-refractivity contribution in [2.45, 2.75) is 0 Å². The van der Waals surface area contributed by atoms with Crippen molar-refractivity contribution in [3.63, 3.8) is 0 Å². The van der Waals surface area contributed by atoms with Crippen LogP contribution in [-0.4, -0.2) is 55.3 Å². The Morgan fingerprint density at radius 2 is 1.68 bits per heavy atom. The van der Waals surface area contributed by atoms with Gasteiger partial charge in [-0.15, -0.1) is 0 Å². The van der Waals surface area contributed by atoms with Gasteiger partial charge in [0, 0.05) is 26.2 Å². The molecule has 0 bridgehead atoms. The molecular formula is C19H20N2O4. The fourth-order valence-corrected chi connectivity index (χ4v) is 3.29. The molecule has 6 heteroatoms. The zero-order chi connectivity index (χ0) is 17.2. The van der Waals surface area contributed by atoms with Crippen molar-refractivity contribution in [3.8, 4) is 17.2 Å². The Morgan fingerprint density at radius 3 is 2.48 bits per heavy atom. The van der Waals surface area contributed by atoms with E-state index in [1.54, 1.807) is 18.2 Å². The number of phenolic OH excluding ortho intramolecular Hbond substituents is 1. The molecule has 2 aromatic rings. The van der Waals surface area contributed by atoms with Crippen LogP contribution in [0.4, 0.5) is 5.69 Å². The summed E-state index contributed by atoms with van der Waals surface area (Å²) in [7, 11) is 0. The van der Waals surface area contributed by atoms with Crippen molar-refractivity contribution >= 4 is 11.6 Å². The van der Waals surface area contributed by atoms with E-state index in [2.05, 4.69) is 4.90 Å². The van der Waals surface area contributed by atoms with Gasteiger partial charge in [0.1, 0.15) is 19.0 Å². The maximum absolute atomic E-state index is 12.9. The van der Waals surface area contributed by atoms with E-state index in [0.29, 0.717) is 56.5 Å². The molecule has 0 aromatic heterocycles. The number of para-hydroxylation sites is 3. The Bertz CT molecular complexity index is 785. The summed E-state index contributed by atoms with van der Waals surface area (Å²) < 4.78 is 11.2. The predicted molar refractivity (Wildman–Crippen MR) is 93.7 cm³/mol.